The van der Waals surface area contributed by atoms with E-state index in [0.717, 1.165) is 6.29 Å². The topological polar surface area (TPSA) is 26.3 Å². The molecule has 0 atom stereocenters. The van der Waals surface area contributed by atoms with Crippen LogP contribution in [0.1, 0.15) is 15.9 Å². The number of hydrogen-bond acceptors (Lipinski definition) is 2. The molecule has 0 aliphatic heterocycles. The van der Waals surface area contributed by atoms with Crippen LogP contribution < -0.4 is 4.74 Å². The van der Waals surface area contributed by atoms with Gasteiger partial charge in [-0.2, -0.15) is 0 Å². The lowest BCUT2D eigenvalue weighted by atomic mass is 10.2. The third kappa shape index (κ3) is 3.21. The molecule has 2 aromatic carbocycles. The number of benzene rings is 2. The summed E-state index contributed by atoms with van der Waals surface area (Å²) < 4.78 is 5.57. The molecule has 2 nitrogen and oxygen atoms in total. The third-order valence-corrected chi connectivity index (χ3v) is 3.75. The molecule has 0 unspecified atom stereocenters. The molecule has 0 aromatic heterocycles. The molecule has 0 heterocycles. The smallest absolute Gasteiger partial charge is 0.153 e. The summed E-state index contributed by atoms with van der Waals surface area (Å²) in [6.07, 6.45) is 0.733. The van der Waals surface area contributed by atoms with Crippen molar-refractivity contribution in [1.29, 1.82) is 0 Å². The molecule has 0 aliphatic rings. The van der Waals surface area contributed by atoms with Crippen molar-refractivity contribution in [3.63, 3.8) is 0 Å². The molecule has 0 aliphatic carbocycles. The SMILES string of the molecule is O=Cc1ccccc1OCc1c(Cl)ccc(Cl)c1Cl. The zero-order valence-corrected chi connectivity index (χ0v) is 12.0. The van der Waals surface area contributed by atoms with Gasteiger partial charge in [0.15, 0.2) is 6.29 Å². The quantitative estimate of drug-likeness (QED) is 0.583. The van der Waals surface area contributed by atoms with E-state index >= 15 is 0 Å². The molecule has 0 bridgehead atoms. The summed E-state index contributed by atoms with van der Waals surface area (Å²) in [5.41, 5.74) is 1.06. The fraction of sp³-hybridized carbons (Fsp3) is 0.0714. The Morgan fingerprint density at radius 3 is 2.42 bits per heavy atom. The Morgan fingerprint density at radius 2 is 1.68 bits per heavy atom. The van der Waals surface area contributed by atoms with E-state index in [4.69, 9.17) is 39.5 Å². The van der Waals surface area contributed by atoms with E-state index in [1.807, 2.05) is 0 Å². The van der Waals surface area contributed by atoms with Crippen molar-refractivity contribution in [1.82, 2.24) is 0 Å². The lowest BCUT2D eigenvalue weighted by Gasteiger charge is -2.11. The molecule has 98 valence electrons. The van der Waals surface area contributed by atoms with Gasteiger partial charge < -0.3 is 4.74 Å². The van der Waals surface area contributed by atoms with Gasteiger partial charge in [0, 0.05) is 10.6 Å². The third-order valence-electron chi connectivity index (χ3n) is 2.56. The number of rotatable bonds is 4. The van der Waals surface area contributed by atoms with Gasteiger partial charge >= 0.3 is 0 Å². The van der Waals surface area contributed by atoms with Crippen LogP contribution in [-0.4, -0.2) is 6.29 Å². The Morgan fingerprint density at radius 1 is 1.00 bits per heavy atom. The molecule has 0 N–H and O–H groups in total. The molecule has 0 fully saturated rings. The normalized spacial score (nSPS) is 10.3. The average molecular weight is 316 g/mol. The zero-order chi connectivity index (χ0) is 13.8. The zero-order valence-electron chi connectivity index (χ0n) is 9.70. The van der Waals surface area contributed by atoms with Crippen molar-refractivity contribution in [2.24, 2.45) is 0 Å². The minimum absolute atomic E-state index is 0.142. The van der Waals surface area contributed by atoms with Gasteiger partial charge in [0.05, 0.1) is 15.6 Å². The van der Waals surface area contributed by atoms with E-state index in [-0.39, 0.29) is 6.61 Å². The fourth-order valence-electron chi connectivity index (χ4n) is 1.56. The molecule has 5 heteroatoms. The Labute approximate surface area is 125 Å². The highest BCUT2D eigenvalue weighted by Crippen LogP contribution is 2.32. The number of hydrogen-bond donors (Lipinski definition) is 0. The second-order valence-corrected chi connectivity index (χ2v) is 4.96. The Bertz CT molecular complexity index is 612. The van der Waals surface area contributed by atoms with E-state index in [0.29, 0.717) is 31.9 Å². The van der Waals surface area contributed by atoms with E-state index in [9.17, 15) is 4.79 Å². The van der Waals surface area contributed by atoms with Crippen LogP contribution in [0.2, 0.25) is 15.1 Å². The molecule has 0 saturated heterocycles. The van der Waals surface area contributed by atoms with Crippen molar-refractivity contribution in [3.05, 3.63) is 62.6 Å². The highest BCUT2D eigenvalue weighted by Gasteiger charge is 2.11. The summed E-state index contributed by atoms with van der Waals surface area (Å²) in [6.45, 7) is 0.142. The van der Waals surface area contributed by atoms with Crippen LogP contribution in [0.15, 0.2) is 36.4 Å². The van der Waals surface area contributed by atoms with Gasteiger partial charge in [-0.15, -0.1) is 0 Å². The summed E-state index contributed by atoms with van der Waals surface area (Å²) in [5.74, 6) is 0.476. The van der Waals surface area contributed by atoms with E-state index in [1.165, 1.54) is 0 Å². The molecule has 2 rings (SSSR count). The van der Waals surface area contributed by atoms with Crippen LogP contribution in [-0.2, 0) is 6.61 Å². The number of ether oxygens (including phenoxy) is 1. The van der Waals surface area contributed by atoms with Crippen LogP contribution in [0, 0.1) is 0 Å². The van der Waals surface area contributed by atoms with Crippen LogP contribution >= 0.6 is 34.8 Å². The van der Waals surface area contributed by atoms with Gasteiger partial charge in [0.1, 0.15) is 12.4 Å². The van der Waals surface area contributed by atoms with Crippen molar-refractivity contribution in [2.45, 2.75) is 6.61 Å². The number of carbonyl (C=O) groups excluding carboxylic acids is 1. The molecule has 0 amide bonds. The lowest BCUT2D eigenvalue weighted by Crippen LogP contribution is -2.00. The van der Waals surface area contributed by atoms with Crippen LogP contribution in [0.4, 0.5) is 0 Å². The summed E-state index contributed by atoms with van der Waals surface area (Å²) in [7, 11) is 0. The monoisotopic (exact) mass is 314 g/mol. The standard InChI is InChI=1S/C14H9Cl3O2/c15-11-5-6-12(16)14(17)10(11)8-19-13-4-2-1-3-9(13)7-18/h1-7H,8H2. The van der Waals surface area contributed by atoms with Gasteiger partial charge in [-0.05, 0) is 24.3 Å². The van der Waals surface area contributed by atoms with Gasteiger partial charge in [0.2, 0.25) is 0 Å². The van der Waals surface area contributed by atoms with Crippen LogP contribution in [0.25, 0.3) is 0 Å². The van der Waals surface area contributed by atoms with Gasteiger partial charge in [-0.1, -0.05) is 46.9 Å². The maximum atomic E-state index is 10.9. The van der Waals surface area contributed by atoms with E-state index in [1.54, 1.807) is 36.4 Å². The highest BCUT2D eigenvalue weighted by molar-refractivity contribution is 6.44. The molecule has 0 spiro atoms. The maximum absolute atomic E-state index is 10.9. The first-order valence-electron chi connectivity index (χ1n) is 5.43. The van der Waals surface area contributed by atoms with Gasteiger partial charge in [-0.3, -0.25) is 4.79 Å². The van der Waals surface area contributed by atoms with Crippen molar-refractivity contribution in [2.75, 3.05) is 0 Å². The first kappa shape index (κ1) is 14.2. The average Bonchev–Trinajstić information content (AvgIpc) is 2.43. The Kier molecular flexibility index (Phi) is 4.70. The summed E-state index contributed by atoms with van der Waals surface area (Å²) in [5, 5.41) is 1.24. The van der Waals surface area contributed by atoms with Crippen molar-refractivity contribution < 1.29 is 9.53 Å². The summed E-state index contributed by atoms with van der Waals surface area (Å²) in [4.78, 5) is 10.9. The predicted octanol–water partition coefficient (Wildman–Crippen LogP) is 5.04. The van der Waals surface area contributed by atoms with Gasteiger partial charge in [0.25, 0.3) is 0 Å². The second-order valence-electron chi connectivity index (χ2n) is 3.77. The molecule has 0 radical (unpaired) electrons. The molecule has 0 saturated carbocycles. The van der Waals surface area contributed by atoms with Crippen molar-refractivity contribution in [3.8, 4) is 5.75 Å². The minimum Gasteiger partial charge on any atom is -0.488 e. The van der Waals surface area contributed by atoms with E-state index in [2.05, 4.69) is 0 Å². The fourth-order valence-corrected chi connectivity index (χ4v) is 2.22. The summed E-state index contributed by atoms with van der Waals surface area (Å²) in [6, 6.07) is 10.2. The molecular weight excluding hydrogens is 307 g/mol. The van der Waals surface area contributed by atoms with Crippen molar-refractivity contribution >= 4 is 41.1 Å². The molecular formula is C14H9Cl3O2. The largest absolute Gasteiger partial charge is 0.488 e. The van der Waals surface area contributed by atoms with E-state index < -0.39 is 0 Å². The maximum Gasteiger partial charge on any atom is 0.153 e. The number of halogens is 3. The van der Waals surface area contributed by atoms with Crippen LogP contribution in [0.5, 0.6) is 5.75 Å². The summed E-state index contributed by atoms with van der Waals surface area (Å²) >= 11 is 18.0. The first-order valence-corrected chi connectivity index (χ1v) is 6.56. The molecule has 2 aromatic rings. The lowest BCUT2D eigenvalue weighted by molar-refractivity contribution is 0.111. The number of para-hydroxylation sites is 1. The van der Waals surface area contributed by atoms with Gasteiger partial charge in [-0.25, -0.2) is 0 Å². The predicted molar refractivity (Wildman–Crippen MR) is 77.6 cm³/mol. The first-order chi connectivity index (χ1) is 9.13. The molecule has 19 heavy (non-hydrogen) atoms. The highest BCUT2D eigenvalue weighted by atomic mass is 35.5. The Balaban J connectivity index is 2.24. The Hall–Kier alpha value is -1.22. The number of carbonyl (C=O) groups is 1. The number of aldehydes is 1. The second kappa shape index (κ2) is 6.29. The minimum atomic E-state index is 0.142. The van der Waals surface area contributed by atoms with Crippen LogP contribution in [0.3, 0.4) is 0 Å².